The summed E-state index contributed by atoms with van der Waals surface area (Å²) in [4.78, 5) is 21.9. The number of benzene rings is 1. The second kappa shape index (κ2) is 7.42. The number of nitrogens with one attached hydrogen (secondary N) is 1. The zero-order valence-electron chi connectivity index (χ0n) is 11.7. The first-order valence-corrected chi connectivity index (χ1v) is 7.04. The predicted octanol–water partition coefficient (Wildman–Crippen LogP) is 4.03. The van der Waals surface area contributed by atoms with Crippen molar-refractivity contribution >= 4 is 17.5 Å². The number of carbonyl (C=O) groups is 1. The van der Waals surface area contributed by atoms with Gasteiger partial charge in [0.1, 0.15) is 6.10 Å². The van der Waals surface area contributed by atoms with E-state index in [0.29, 0.717) is 5.69 Å². The number of hydrogen-bond donors (Lipinski definition) is 1. The Kier molecular flexibility index (Phi) is 5.31. The normalized spacial score (nSPS) is 19.9. The summed E-state index contributed by atoms with van der Waals surface area (Å²) >= 11 is 0. The molecule has 0 radical (unpaired) electrons. The molecule has 6 nitrogen and oxygen atoms in total. The van der Waals surface area contributed by atoms with Crippen LogP contribution < -0.4 is 5.32 Å². The van der Waals surface area contributed by atoms with Gasteiger partial charge in [-0.1, -0.05) is 12.5 Å². The Hall–Kier alpha value is -2.37. The summed E-state index contributed by atoms with van der Waals surface area (Å²) in [7, 11) is 0. The first kappa shape index (κ1) is 15.0. The molecule has 1 amide bonds. The second-order valence-electron chi connectivity index (χ2n) is 4.94. The van der Waals surface area contributed by atoms with E-state index in [-0.39, 0.29) is 11.8 Å². The van der Waals surface area contributed by atoms with Gasteiger partial charge in [0.05, 0.1) is 4.92 Å². The van der Waals surface area contributed by atoms with Crippen molar-refractivity contribution in [2.24, 2.45) is 0 Å². The fourth-order valence-corrected chi connectivity index (χ4v) is 2.18. The Morgan fingerprint density at radius 1 is 1.24 bits per heavy atom. The molecule has 0 aliphatic heterocycles. The lowest BCUT2D eigenvalue weighted by atomic mass is 10.0. The van der Waals surface area contributed by atoms with Crippen molar-refractivity contribution in [1.29, 1.82) is 0 Å². The molecule has 112 valence electrons. The standard InChI is InChI=1S/C15H18N2O4/c18-15(21-14-6-4-2-1-3-5-7-14)16-12-8-10-13(11-9-12)17(19)20/h4,6,8-11,14H,1-3,5,7H2,(H,16,18)/b6-4-. The van der Waals surface area contributed by atoms with E-state index in [0.717, 1.165) is 25.7 Å². The van der Waals surface area contributed by atoms with Gasteiger partial charge < -0.3 is 4.74 Å². The fraction of sp³-hybridized carbons (Fsp3) is 0.400. The number of hydrogen-bond acceptors (Lipinski definition) is 4. The first-order chi connectivity index (χ1) is 10.1. The van der Waals surface area contributed by atoms with Gasteiger partial charge in [-0.3, -0.25) is 15.4 Å². The average Bonchev–Trinajstić information content (AvgIpc) is 2.42. The maximum atomic E-state index is 11.8. The second-order valence-corrected chi connectivity index (χ2v) is 4.94. The van der Waals surface area contributed by atoms with Gasteiger partial charge in [-0.05, 0) is 43.9 Å². The number of ether oxygens (including phenoxy) is 1. The summed E-state index contributed by atoms with van der Waals surface area (Å²) in [6.07, 6.45) is 8.43. The van der Waals surface area contributed by atoms with Crippen LogP contribution in [0.3, 0.4) is 0 Å². The maximum Gasteiger partial charge on any atom is 0.412 e. The molecule has 1 aliphatic rings. The van der Waals surface area contributed by atoms with E-state index in [2.05, 4.69) is 5.32 Å². The van der Waals surface area contributed by atoms with Gasteiger partial charge in [0.2, 0.25) is 0 Å². The minimum atomic E-state index is -0.543. The zero-order valence-corrected chi connectivity index (χ0v) is 11.7. The molecule has 0 fully saturated rings. The molecule has 1 N–H and O–H groups in total. The van der Waals surface area contributed by atoms with Crippen molar-refractivity contribution in [1.82, 2.24) is 0 Å². The number of nitro benzene ring substituents is 1. The van der Waals surface area contributed by atoms with Crippen molar-refractivity contribution in [3.63, 3.8) is 0 Å². The van der Waals surface area contributed by atoms with Crippen LogP contribution in [0.1, 0.15) is 32.1 Å². The van der Waals surface area contributed by atoms with Crippen LogP contribution in [-0.2, 0) is 4.74 Å². The van der Waals surface area contributed by atoms with Crippen molar-refractivity contribution in [2.75, 3.05) is 5.32 Å². The van der Waals surface area contributed by atoms with Gasteiger partial charge in [-0.25, -0.2) is 4.79 Å². The van der Waals surface area contributed by atoms with E-state index < -0.39 is 11.0 Å². The summed E-state index contributed by atoms with van der Waals surface area (Å²) in [6.45, 7) is 0. The molecule has 1 atom stereocenters. The van der Waals surface area contributed by atoms with Crippen LogP contribution in [-0.4, -0.2) is 17.1 Å². The predicted molar refractivity (Wildman–Crippen MR) is 79.2 cm³/mol. The molecule has 1 aromatic rings. The SMILES string of the molecule is O=C(Nc1ccc([N+](=O)[O-])cc1)OC1/C=C\CCCCC1. The number of nitro groups is 1. The van der Waals surface area contributed by atoms with Crippen LogP contribution in [0.4, 0.5) is 16.2 Å². The molecule has 1 unspecified atom stereocenters. The molecular weight excluding hydrogens is 272 g/mol. The highest BCUT2D eigenvalue weighted by Gasteiger charge is 2.13. The lowest BCUT2D eigenvalue weighted by molar-refractivity contribution is -0.384. The molecule has 0 heterocycles. The molecule has 6 heteroatoms. The summed E-state index contributed by atoms with van der Waals surface area (Å²) in [5.74, 6) is 0. The number of rotatable bonds is 3. The van der Waals surface area contributed by atoms with Gasteiger partial charge in [0, 0.05) is 17.8 Å². The monoisotopic (exact) mass is 290 g/mol. The van der Waals surface area contributed by atoms with E-state index in [4.69, 9.17) is 4.74 Å². The van der Waals surface area contributed by atoms with Crippen LogP contribution >= 0.6 is 0 Å². The Morgan fingerprint density at radius 2 is 2.00 bits per heavy atom. The number of anilines is 1. The molecular formula is C15H18N2O4. The quantitative estimate of drug-likeness (QED) is 0.517. The molecule has 2 rings (SSSR count). The van der Waals surface area contributed by atoms with E-state index >= 15 is 0 Å². The van der Waals surface area contributed by atoms with Crippen molar-refractivity contribution < 1.29 is 14.5 Å². The van der Waals surface area contributed by atoms with E-state index in [1.54, 1.807) is 0 Å². The van der Waals surface area contributed by atoms with Crippen molar-refractivity contribution in [3.05, 3.63) is 46.5 Å². The average molecular weight is 290 g/mol. The van der Waals surface area contributed by atoms with E-state index in [9.17, 15) is 14.9 Å². The highest BCUT2D eigenvalue weighted by Crippen LogP contribution is 2.17. The third-order valence-electron chi connectivity index (χ3n) is 3.29. The topological polar surface area (TPSA) is 81.5 Å². The first-order valence-electron chi connectivity index (χ1n) is 7.04. The van der Waals surface area contributed by atoms with Crippen LogP contribution in [0.2, 0.25) is 0 Å². The molecule has 21 heavy (non-hydrogen) atoms. The van der Waals surface area contributed by atoms with Crippen molar-refractivity contribution in [3.8, 4) is 0 Å². The fourth-order valence-electron chi connectivity index (χ4n) is 2.18. The smallest absolute Gasteiger partial charge is 0.412 e. The van der Waals surface area contributed by atoms with Gasteiger partial charge in [0.15, 0.2) is 0 Å². The molecule has 0 saturated heterocycles. The molecule has 1 aromatic carbocycles. The number of allylic oxidation sites excluding steroid dienone is 1. The van der Waals surface area contributed by atoms with E-state index in [1.807, 2.05) is 12.2 Å². The summed E-state index contributed by atoms with van der Waals surface area (Å²) < 4.78 is 5.34. The molecule has 0 aromatic heterocycles. The summed E-state index contributed by atoms with van der Waals surface area (Å²) in [5.41, 5.74) is 0.456. The zero-order chi connectivity index (χ0) is 15.1. The third kappa shape index (κ3) is 4.91. The number of nitrogens with zero attached hydrogens (tertiary/aromatic N) is 1. The minimum Gasteiger partial charge on any atom is -0.442 e. The maximum absolute atomic E-state index is 11.8. The Bertz CT molecular complexity index is 525. The summed E-state index contributed by atoms with van der Waals surface area (Å²) in [6, 6.07) is 5.64. The molecule has 1 aliphatic carbocycles. The largest absolute Gasteiger partial charge is 0.442 e. The Labute approximate surface area is 122 Å². The Balaban J connectivity index is 1.88. The van der Waals surface area contributed by atoms with Gasteiger partial charge in [-0.2, -0.15) is 0 Å². The summed E-state index contributed by atoms with van der Waals surface area (Å²) in [5, 5.41) is 13.1. The van der Waals surface area contributed by atoms with Gasteiger partial charge in [0.25, 0.3) is 5.69 Å². The van der Waals surface area contributed by atoms with Crippen LogP contribution in [0, 0.1) is 10.1 Å². The lowest BCUT2D eigenvalue weighted by Crippen LogP contribution is -2.21. The van der Waals surface area contributed by atoms with Crippen LogP contribution in [0.25, 0.3) is 0 Å². The minimum absolute atomic E-state index is 0.0168. The van der Waals surface area contributed by atoms with Gasteiger partial charge in [-0.15, -0.1) is 0 Å². The highest BCUT2D eigenvalue weighted by atomic mass is 16.6. The number of non-ortho nitro benzene ring substituents is 1. The highest BCUT2D eigenvalue weighted by molar-refractivity contribution is 5.84. The molecule has 0 spiro atoms. The number of amides is 1. The van der Waals surface area contributed by atoms with E-state index in [1.165, 1.54) is 30.7 Å². The molecule has 0 bridgehead atoms. The Morgan fingerprint density at radius 3 is 2.71 bits per heavy atom. The number of carbonyl (C=O) groups excluding carboxylic acids is 1. The lowest BCUT2D eigenvalue weighted by Gasteiger charge is -2.16. The molecule has 0 saturated carbocycles. The van der Waals surface area contributed by atoms with Gasteiger partial charge >= 0.3 is 6.09 Å². The third-order valence-corrected chi connectivity index (χ3v) is 3.29. The van der Waals surface area contributed by atoms with Crippen LogP contribution in [0.15, 0.2) is 36.4 Å². The van der Waals surface area contributed by atoms with Crippen molar-refractivity contribution in [2.45, 2.75) is 38.2 Å². The van der Waals surface area contributed by atoms with Crippen LogP contribution in [0.5, 0.6) is 0 Å².